The number of carbonyl (C=O) groups is 1. The first-order valence-electron chi connectivity index (χ1n) is 10.3. The first-order chi connectivity index (χ1) is 14.2. The highest BCUT2D eigenvalue weighted by Crippen LogP contribution is 2.37. The lowest BCUT2D eigenvalue weighted by Gasteiger charge is -2.19. The molecule has 1 aliphatic carbocycles. The molecule has 0 N–H and O–H groups in total. The van der Waals surface area contributed by atoms with Crippen LogP contribution >= 0.6 is 0 Å². The van der Waals surface area contributed by atoms with Crippen molar-refractivity contribution in [3.05, 3.63) is 59.2 Å². The summed E-state index contributed by atoms with van der Waals surface area (Å²) in [7, 11) is 1.66. The molecule has 0 radical (unpaired) electrons. The molecule has 150 valence electrons. The maximum atomic E-state index is 12.6. The molecule has 4 rings (SSSR count). The predicted molar refractivity (Wildman–Crippen MR) is 110 cm³/mol. The number of amides is 1. The SMILES string of the molecule is COc1ccc(C2CC(=O)N(Cc3ccc(C#N)cc3)C2)cc1OC1CCCC1. The highest BCUT2D eigenvalue weighted by atomic mass is 16.5. The number of ether oxygens (including phenoxy) is 2. The molecule has 0 spiro atoms. The maximum absolute atomic E-state index is 12.6. The molecule has 29 heavy (non-hydrogen) atoms. The molecular formula is C24H26N2O3. The lowest BCUT2D eigenvalue weighted by Crippen LogP contribution is -2.24. The van der Waals surface area contributed by atoms with E-state index in [0.717, 1.165) is 35.5 Å². The Morgan fingerprint density at radius 3 is 2.55 bits per heavy atom. The fourth-order valence-electron chi connectivity index (χ4n) is 4.28. The van der Waals surface area contributed by atoms with Gasteiger partial charge in [-0.1, -0.05) is 18.2 Å². The minimum atomic E-state index is 0.151. The van der Waals surface area contributed by atoms with E-state index in [0.29, 0.717) is 25.1 Å². The summed E-state index contributed by atoms with van der Waals surface area (Å²) in [6.07, 6.45) is 5.38. The third-order valence-electron chi connectivity index (χ3n) is 5.93. The van der Waals surface area contributed by atoms with Gasteiger partial charge in [0.15, 0.2) is 11.5 Å². The second-order valence-electron chi connectivity index (χ2n) is 7.92. The molecule has 1 aliphatic heterocycles. The molecule has 1 saturated carbocycles. The molecule has 2 aromatic carbocycles. The van der Waals surface area contributed by atoms with Gasteiger partial charge in [0.25, 0.3) is 0 Å². The van der Waals surface area contributed by atoms with Gasteiger partial charge in [0.2, 0.25) is 5.91 Å². The molecular weight excluding hydrogens is 364 g/mol. The quantitative estimate of drug-likeness (QED) is 0.733. The lowest BCUT2D eigenvalue weighted by atomic mass is 9.98. The van der Waals surface area contributed by atoms with Crippen molar-refractivity contribution in [2.24, 2.45) is 0 Å². The van der Waals surface area contributed by atoms with Gasteiger partial charge in [0.1, 0.15) is 0 Å². The summed E-state index contributed by atoms with van der Waals surface area (Å²) in [5, 5.41) is 8.93. The molecule has 5 nitrogen and oxygen atoms in total. The van der Waals surface area contributed by atoms with E-state index in [1.165, 1.54) is 12.8 Å². The van der Waals surface area contributed by atoms with Crippen molar-refractivity contribution >= 4 is 5.91 Å². The number of nitrogens with zero attached hydrogens (tertiary/aromatic N) is 2. The van der Waals surface area contributed by atoms with E-state index in [1.807, 2.05) is 29.2 Å². The van der Waals surface area contributed by atoms with Crippen LogP contribution in [-0.4, -0.2) is 30.6 Å². The minimum Gasteiger partial charge on any atom is -0.493 e. The van der Waals surface area contributed by atoms with Gasteiger partial charge in [-0.3, -0.25) is 4.79 Å². The van der Waals surface area contributed by atoms with E-state index in [2.05, 4.69) is 12.1 Å². The van der Waals surface area contributed by atoms with E-state index >= 15 is 0 Å². The Labute approximate surface area is 171 Å². The normalized spacial score (nSPS) is 19.4. The van der Waals surface area contributed by atoms with Crippen LogP contribution in [0, 0.1) is 11.3 Å². The molecule has 2 aliphatic rings. The van der Waals surface area contributed by atoms with Crippen LogP contribution in [0.4, 0.5) is 0 Å². The van der Waals surface area contributed by atoms with Crippen LogP contribution in [0.5, 0.6) is 11.5 Å². The van der Waals surface area contributed by atoms with Crippen LogP contribution < -0.4 is 9.47 Å². The number of hydrogen-bond donors (Lipinski definition) is 0. The number of methoxy groups -OCH3 is 1. The average Bonchev–Trinajstić information content (AvgIpc) is 3.38. The summed E-state index contributed by atoms with van der Waals surface area (Å²) < 4.78 is 11.7. The van der Waals surface area contributed by atoms with Crippen LogP contribution in [0.1, 0.15) is 54.7 Å². The summed E-state index contributed by atoms with van der Waals surface area (Å²) in [5.41, 5.74) is 2.79. The molecule has 1 saturated heterocycles. The lowest BCUT2D eigenvalue weighted by molar-refractivity contribution is -0.128. The number of likely N-dealkylation sites (tertiary alicyclic amines) is 1. The first-order valence-corrected chi connectivity index (χ1v) is 10.3. The number of rotatable bonds is 6. The van der Waals surface area contributed by atoms with Crippen LogP contribution in [-0.2, 0) is 11.3 Å². The Morgan fingerprint density at radius 2 is 1.86 bits per heavy atom. The number of carbonyl (C=O) groups excluding carboxylic acids is 1. The van der Waals surface area contributed by atoms with Crippen molar-refractivity contribution in [1.29, 1.82) is 5.26 Å². The van der Waals surface area contributed by atoms with E-state index in [9.17, 15) is 4.79 Å². The van der Waals surface area contributed by atoms with Gasteiger partial charge in [0, 0.05) is 25.4 Å². The van der Waals surface area contributed by atoms with Crippen LogP contribution in [0.3, 0.4) is 0 Å². The minimum absolute atomic E-state index is 0.151. The van der Waals surface area contributed by atoms with Crippen LogP contribution in [0.2, 0.25) is 0 Å². The van der Waals surface area contributed by atoms with Crippen molar-refractivity contribution in [3.8, 4) is 17.6 Å². The molecule has 2 fully saturated rings. The Morgan fingerprint density at radius 1 is 1.10 bits per heavy atom. The summed E-state index contributed by atoms with van der Waals surface area (Å²) in [4.78, 5) is 14.5. The van der Waals surface area contributed by atoms with Gasteiger partial charge in [-0.05, 0) is 61.1 Å². The second-order valence-corrected chi connectivity index (χ2v) is 7.92. The summed E-state index contributed by atoms with van der Waals surface area (Å²) in [5.74, 6) is 1.85. The van der Waals surface area contributed by atoms with E-state index in [1.54, 1.807) is 19.2 Å². The Hall–Kier alpha value is -3.00. The smallest absolute Gasteiger partial charge is 0.223 e. The highest BCUT2D eigenvalue weighted by molar-refractivity contribution is 5.79. The van der Waals surface area contributed by atoms with Crippen molar-refractivity contribution in [2.75, 3.05) is 13.7 Å². The topological polar surface area (TPSA) is 62.6 Å². The predicted octanol–water partition coefficient (Wildman–Crippen LogP) is 4.40. The highest BCUT2D eigenvalue weighted by Gasteiger charge is 2.31. The fraction of sp³-hybridized carbons (Fsp3) is 0.417. The Bertz CT molecular complexity index is 911. The molecule has 0 aromatic heterocycles. The maximum Gasteiger partial charge on any atom is 0.223 e. The Balaban J connectivity index is 1.46. The molecule has 5 heteroatoms. The van der Waals surface area contributed by atoms with Gasteiger partial charge in [-0.2, -0.15) is 5.26 Å². The summed E-state index contributed by atoms with van der Waals surface area (Å²) >= 11 is 0. The first kappa shape index (κ1) is 19.3. The molecule has 1 heterocycles. The third kappa shape index (κ3) is 4.37. The average molecular weight is 390 g/mol. The van der Waals surface area contributed by atoms with Crippen LogP contribution in [0.15, 0.2) is 42.5 Å². The molecule has 1 amide bonds. The second kappa shape index (κ2) is 8.57. The summed E-state index contributed by atoms with van der Waals surface area (Å²) in [6.45, 7) is 1.26. The fourth-order valence-corrected chi connectivity index (χ4v) is 4.28. The molecule has 2 aromatic rings. The number of benzene rings is 2. The monoisotopic (exact) mass is 390 g/mol. The Kier molecular flexibility index (Phi) is 5.71. The van der Waals surface area contributed by atoms with Crippen molar-refractivity contribution in [3.63, 3.8) is 0 Å². The number of hydrogen-bond acceptors (Lipinski definition) is 4. The van der Waals surface area contributed by atoms with Crippen molar-refractivity contribution in [1.82, 2.24) is 4.90 Å². The van der Waals surface area contributed by atoms with Gasteiger partial charge in [0.05, 0.1) is 24.8 Å². The van der Waals surface area contributed by atoms with Crippen LogP contribution in [0.25, 0.3) is 0 Å². The van der Waals surface area contributed by atoms with E-state index < -0.39 is 0 Å². The van der Waals surface area contributed by atoms with Gasteiger partial charge >= 0.3 is 0 Å². The zero-order valence-electron chi connectivity index (χ0n) is 16.8. The molecule has 1 unspecified atom stereocenters. The standard InChI is InChI=1S/C24H26N2O3/c1-28-22-11-10-19(12-23(22)29-21-4-2-3-5-21)20-13-24(27)26(16-20)15-18-8-6-17(14-25)7-9-18/h6-12,20-21H,2-5,13,15-16H2,1H3. The zero-order chi connectivity index (χ0) is 20.2. The van der Waals surface area contributed by atoms with E-state index in [-0.39, 0.29) is 17.9 Å². The van der Waals surface area contributed by atoms with Gasteiger partial charge in [-0.15, -0.1) is 0 Å². The number of nitriles is 1. The summed E-state index contributed by atoms with van der Waals surface area (Å²) in [6, 6.07) is 15.6. The van der Waals surface area contributed by atoms with Crippen molar-refractivity contribution < 1.29 is 14.3 Å². The molecule has 0 bridgehead atoms. The molecule has 1 atom stereocenters. The zero-order valence-corrected chi connectivity index (χ0v) is 16.8. The van der Waals surface area contributed by atoms with Crippen molar-refractivity contribution in [2.45, 2.75) is 50.7 Å². The van der Waals surface area contributed by atoms with E-state index in [4.69, 9.17) is 14.7 Å². The largest absolute Gasteiger partial charge is 0.493 e. The van der Waals surface area contributed by atoms with Gasteiger partial charge in [-0.25, -0.2) is 0 Å². The van der Waals surface area contributed by atoms with Gasteiger partial charge < -0.3 is 14.4 Å². The third-order valence-corrected chi connectivity index (χ3v) is 5.93.